The number of piperidine rings is 1. The summed E-state index contributed by atoms with van der Waals surface area (Å²) >= 11 is 0. The molecule has 0 aliphatic carbocycles. The minimum atomic E-state index is -3.48. The molecule has 1 aromatic carbocycles. The second-order valence-corrected chi connectivity index (χ2v) is 8.98. The standard InChI is InChI=1S/C18H24N4O3S.ClH/c1-26(24,25)18(8-11-19-12-9-18)17(23)20-10-7-15-13-21-22(14-15)16-5-3-2-4-6-16;/h2-6,13-14,19H,7-12H2,1H3,(H,20,23);1H. The summed E-state index contributed by atoms with van der Waals surface area (Å²) in [5, 5.41) is 10.3. The Balaban J connectivity index is 0.00000261. The molecule has 0 unspecified atom stereocenters. The summed E-state index contributed by atoms with van der Waals surface area (Å²) in [5.74, 6) is -0.392. The predicted octanol–water partition coefficient (Wildman–Crippen LogP) is 1.12. The van der Waals surface area contributed by atoms with E-state index in [0.29, 0.717) is 38.9 Å². The Hall–Kier alpha value is -1.90. The Kier molecular flexibility index (Phi) is 7.02. The highest BCUT2D eigenvalue weighted by molar-refractivity contribution is 7.92. The van der Waals surface area contributed by atoms with Crippen LogP contribution in [0, 0.1) is 0 Å². The molecular formula is C18H25ClN4O3S. The molecule has 2 N–H and O–H groups in total. The first kappa shape index (κ1) is 21.4. The van der Waals surface area contributed by atoms with Crippen molar-refractivity contribution in [2.24, 2.45) is 0 Å². The van der Waals surface area contributed by atoms with E-state index in [9.17, 15) is 13.2 Å². The Morgan fingerprint density at radius 1 is 1.26 bits per heavy atom. The molecule has 27 heavy (non-hydrogen) atoms. The first-order valence-corrected chi connectivity index (χ1v) is 10.6. The lowest BCUT2D eigenvalue weighted by Crippen LogP contribution is -2.57. The molecular weight excluding hydrogens is 388 g/mol. The molecule has 1 fully saturated rings. The lowest BCUT2D eigenvalue weighted by Gasteiger charge is -2.34. The van der Waals surface area contributed by atoms with Gasteiger partial charge < -0.3 is 10.6 Å². The first-order valence-electron chi connectivity index (χ1n) is 8.70. The summed E-state index contributed by atoms with van der Waals surface area (Å²) in [6.07, 6.45) is 6.04. The summed E-state index contributed by atoms with van der Waals surface area (Å²) in [4.78, 5) is 12.6. The number of sulfone groups is 1. The number of carbonyl (C=O) groups excluding carboxylic acids is 1. The first-order chi connectivity index (χ1) is 12.4. The van der Waals surface area contributed by atoms with Gasteiger partial charge in [-0.15, -0.1) is 12.4 Å². The van der Waals surface area contributed by atoms with Gasteiger partial charge in [-0.3, -0.25) is 4.79 Å². The molecule has 7 nitrogen and oxygen atoms in total. The molecule has 0 saturated carbocycles. The Morgan fingerprint density at radius 3 is 2.56 bits per heavy atom. The Morgan fingerprint density at radius 2 is 1.93 bits per heavy atom. The van der Waals surface area contributed by atoms with Gasteiger partial charge in [0.15, 0.2) is 14.6 Å². The van der Waals surface area contributed by atoms with E-state index in [1.807, 2.05) is 36.5 Å². The van der Waals surface area contributed by atoms with Crippen molar-refractivity contribution < 1.29 is 13.2 Å². The van der Waals surface area contributed by atoms with E-state index in [4.69, 9.17) is 0 Å². The van der Waals surface area contributed by atoms with Crippen LogP contribution in [0.3, 0.4) is 0 Å². The maximum Gasteiger partial charge on any atom is 0.241 e. The minimum absolute atomic E-state index is 0. The van der Waals surface area contributed by atoms with Crippen molar-refractivity contribution >= 4 is 28.2 Å². The van der Waals surface area contributed by atoms with Crippen molar-refractivity contribution in [2.75, 3.05) is 25.9 Å². The van der Waals surface area contributed by atoms with Crippen LogP contribution < -0.4 is 10.6 Å². The molecule has 0 bridgehead atoms. The molecule has 9 heteroatoms. The molecule has 1 saturated heterocycles. The summed E-state index contributed by atoms with van der Waals surface area (Å²) in [6, 6.07) is 9.76. The number of halogens is 1. The summed E-state index contributed by atoms with van der Waals surface area (Å²) in [5.41, 5.74) is 1.95. The van der Waals surface area contributed by atoms with Crippen LogP contribution in [0.15, 0.2) is 42.7 Å². The second-order valence-electron chi connectivity index (χ2n) is 6.65. The number of hydrogen-bond donors (Lipinski definition) is 2. The molecule has 0 atom stereocenters. The van der Waals surface area contributed by atoms with Gasteiger partial charge in [-0.05, 0) is 50.0 Å². The van der Waals surface area contributed by atoms with Crippen LogP contribution in [-0.2, 0) is 21.1 Å². The lowest BCUT2D eigenvalue weighted by molar-refractivity contribution is -0.124. The van der Waals surface area contributed by atoms with Gasteiger partial charge in [-0.2, -0.15) is 5.10 Å². The van der Waals surface area contributed by atoms with E-state index in [2.05, 4.69) is 15.7 Å². The summed E-state index contributed by atoms with van der Waals surface area (Å²) < 4.78 is 24.9. The minimum Gasteiger partial charge on any atom is -0.354 e. The molecule has 148 valence electrons. The van der Waals surface area contributed by atoms with Crippen molar-refractivity contribution in [3.05, 3.63) is 48.3 Å². The molecule has 2 aromatic rings. The number of nitrogens with one attached hydrogen (secondary N) is 2. The number of para-hydroxylation sites is 1. The van der Waals surface area contributed by atoms with Crippen molar-refractivity contribution in [3.63, 3.8) is 0 Å². The monoisotopic (exact) mass is 412 g/mol. The largest absolute Gasteiger partial charge is 0.354 e. The van der Waals surface area contributed by atoms with Crippen LogP contribution in [0.4, 0.5) is 0 Å². The number of benzene rings is 1. The third-order valence-corrected chi connectivity index (χ3v) is 6.90. The highest BCUT2D eigenvalue weighted by atomic mass is 35.5. The van der Waals surface area contributed by atoms with Gasteiger partial charge in [0.25, 0.3) is 0 Å². The average molecular weight is 413 g/mol. The third-order valence-electron chi connectivity index (χ3n) is 4.89. The van der Waals surface area contributed by atoms with E-state index in [-0.39, 0.29) is 12.4 Å². The van der Waals surface area contributed by atoms with Gasteiger partial charge in [0.05, 0.1) is 11.9 Å². The molecule has 2 heterocycles. The van der Waals surface area contributed by atoms with Crippen LogP contribution >= 0.6 is 12.4 Å². The van der Waals surface area contributed by atoms with Crippen molar-refractivity contribution in [1.82, 2.24) is 20.4 Å². The zero-order valence-corrected chi connectivity index (χ0v) is 16.9. The Bertz CT molecular complexity index is 862. The van der Waals surface area contributed by atoms with E-state index >= 15 is 0 Å². The third kappa shape index (κ3) is 4.69. The van der Waals surface area contributed by atoms with Crippen molar-refractivity contribution in [2.45, 2.75) is 24.0 Å². The fourth-order valence-electron chi connectivity index (χ4n) is 3.29. The molecule has 0 radical (unpaired) electrons. The van der Waals surface area contributed by atoms with E-state index in [1.54, 1.807) is 10.9 Å². The number of nitrogens with zero attached hydrogens (tertiary/aromatic N) is 2. The number of amides is 1. The van der Waals surface area contributed by atoms with Crippen molar-refractivity contribution in [3.8, 4) is 5.69 Å². The predicted molar refractivity (Wildman–Crippen MR) is 107 cm³/mol. The van der Waals surface area contributed by atoms with E-state index < -0.39 is 20.5 Å². The molecule has 3 rings (SSSR count). The number of rotatable bonds is 6. The van der Waals surface area contributed by atoms with Crippen LogP contribution in [-0.4, -0.2) is 54.7 Å². The second kappa shape index (κ2) is 8.86. The van der Waals surface area contributed by atoms with Gasteiger partial charge in [0.2, 0.25) is 5.91 Å². The highest BCUT2D eigenvalue weighted by Gasteiger charge is 2.48. The highest BCUT2D eigenvalue weighted by Crippen LogP contribution is 2.27. The molecule has 1 aromatic heterocycles. The van der Waals surface area contributed by atoms with Crippen LogP contribution in [0.25, 0.3) is 5.69 Å². The van der Waals surface area contributed by atoms with Crippen LogP contribution in [0.2, 0.25) is 0 Å². The number of hydrogen-bond acceptors (Lipinski definition) is 5. The fourth-order valence-corrected chi connectivity index (χ4v) is 4.64. The average Bonchev–Trinajstić information content (AvgIpc) is 3.11. The van der Waals surface area contributed by atoms with Gasteiger partial charge in [-0.1, -0.05) is 18.2 Å². The lowest BCUT2D eigenvalue weighted by atomic mass is 9.96. The Labute approximate surface area is 165 Å². The summed E-state index contributed by atoms with van der Waals surface area (Å²) in [6.45, 7) is 1.44. The molecule has 1 aliphatic rings. The SMILES string of the molecule is CS(=O)(=O)C1(C(=O)NCCc2cnn(-c3ccccc3)c2)CCNCC1.Cl. The maximum atomic E-state index is 12.6. The van der Waals surface area contributed by atoms with Crippen LogP contribution in [0.1, 0.15) is 18.4 Å². The normalized spacial score (nSPS) is 16.3. The quantitative estimate of drug-likeness (QED) is 0.741. The maximum absolute atomic E-state index is 12.6. The molecule has 1 aliphatic heterocycles. The molecule has 1 amide bonds. The topological polar surface area (TPSA) is 93.1 Å². The van der Waals surface area contributed by atoms with E-state index in [0.717, 1.165) is 17.5 Å². The zero-order valence-electron chi connectivity index (χ0n) is 15.2. The summed E-state index contributed by atoms with van der Waals surface area (Å²) in [7, 11) is -3.48. The van der Waals surface area contributed by atoms with Crippen LogP contribution in [0.5, 0.6) is 0 Å². The van der Waals surface area contributed by atoms with E-state index in [1.165, 1.54) is 0 Å². The smallest absolute Gasteiger partial charge is 0.241 e. The van der Waals surface area contributed by atoms with Gasteiger partial charge in [-0.25, -0.2) is 13.1 Å². The zero-order chi connectivity index (χ0) is 18.6. The van der Waals surface area contributed by atoms with Crippen molar-refractivity contribution in [1.29, 1.82) is 0 Å². The fraction of sp³-hybridized carbons (Fsp3) is 0.444. The number of aromatic nitrogens is 2. The van der Waals surface area contributed by atoms with Gasteiger partial charge >= 0.3 is 0 Å². The van der Waals surface area contributed by atoms with Gasteiger partial charge in [0, 0.05) is 19.0 Å². The number of carbonyl (C=O) groups is 1. The molecule has 0 spiro atoms. The van der Waals surface area contributed by atoms with Gasteiger partial charge in [0.1, 0.15) is 0 Å².